The van der Waals surface area contributed by atoms with Gasteiger partial charge in [0.25, 0.3) is 0 Å². The van der Waals surface area contributed by atoms with Crippen molar-refractivity contribution >= 4 is 28.9 Å². The van der Waals surface area contributed by atoms with E-state index in [4.69, 9.17) is 32.7 Å². The predicted octanol–water partition coefficient (Wildman–Crippen LogP) is 2.82. The molecular formula is C13H19Cl2NO3. The zero-order valence-corrected chi connectivity index (χ0v) is 12.5. The number of benzene rings is 1. The highest BCUT2D eigenvalue weighted by Gasteiger charge is 2.09. The van der Waals surface area contributed by atoms with Crippen LogP contribution >= 0.6 is 23.2 Å². The molecule has 0 fully saturated rings. The maximum absolute atomic E-state index is 9.78. The van der Waals surface area contributed by atoms with E-state index in [-0.39, 0.29) is 12.7 Å². The van der Waals surface area contributed by atoms with Crippen molar-refractivity contribution in [3.05, 3.63) is 28.2 Å². The van der Waals surface area contributed by atoms with E-state index < -0.39 is 6.10 Å². The van der Waals surface area contributed by atoms with Crippen molar-refractivity contribution < 1.29 is 14.6 Å². The minimum atomic E-state index is -0.619. The molecule has 1 rings (SSSR count). The van der Waals surface area contributed by atoms with Gasteiger partial charge < -0.3 is 19.9 Å². The van der Waals surface area contributed by atoms with Gasteiger partial charge in [-0.2, -0.15) is 0 Å². The van der Waals surface area contributed by atoms with Crippen LogP contribution in [0.1, 0.15) is 6.92 Å². The van der Waals surface area contributed by atoms with Gasteiger partial charge in [-0.15, -0.1) is 0 Å². The number of aliphatic hydroxyl groups is 1. The van der Waals surface area contributed by atoms with Gasteiger partial charge >= 0.3 is 0 Å². The topological polar surface area (TPSA) is 50.7 Å². The highest BCUT2D eigenvalue weighted by molar-refractivity contribution is 6.36. The molecule has 0 aliphatic heterocycles. The minimum Gasteiger partial charge on any atom is -0.389 e. The number of hydrogen-bond donors (Lipinski definition) is 2. The molecule has 6 heteroatoms. The van der Waals surface area contributed by atoms with Gasteiger partial charge in [-0.05, 0) is 25.1 Å². The SMILES string of the molecule is COCC(C)OCC(O)CNc1ccc(Cl)cc1Cl. The molecule has 19 heavy (non-hydrogen) atoms. The van der Waals surface area contributed by atoms with E-state index in [9.17, 15) is 5.11 Å². The Kier molecular flexibility index (Phi) is 7.49. The molecular weight excluding hydrogens is 289 g/mol. The van der Waals surface area contributed by atoms with E-state index in [1.807, 2.05) is 6.92 Å². The monoisotopic (exact) mass is 307 g/mol. The molecule has 0 bridgehead atoms. The lowest BCUT2D eigenvalue weighted by molar-refractivity contribution is -0.0282. The van der Waals surface area contributed by atoms with Crippen molar-refractivity contribution in [2.24, 2.45) is 0 Å². The maximum Gasteiger partial charge on any atom is 0.0945 e. The summed E-state index contributed by atoms with van der Waals surface area (Å²) < 4.78 is 10.4. The number of hydrogen-bond acceptors (Lipinski definition) is 4. The van der Waals surface area contributed by atoms with Crippen LogP contribution in [0.5, 0.6) is 0 Å². The molecule has 1 aromatic carbocycles. The first-order valence-electron chi connectivity index (χ1n) is 6.00. The first-order valence-corrected chi connectivity index (χ1v) is 6.76. The third kappa shape index (κ3) is 6.45. The van der Waals surface area contributed by atoms with Gasteiger partial charge in [0.05, 0.1) is 36.1 Å². The molecule has 0 aliphatic rings. The second-order valence-corrected chi connectivity index (χ2v) is 5.10. The molecule has 0 aromatic heterocycles. The number of rotatable bonds is 8. The summed E-state index contributed by atoms with van der Waals surface area (Å²) in [5.74, 6) is 0. The van der Waals surface area contributed by atoms with Gasteiger partial charge in [0.15, 0.2) is 0 Å². The maximum atomic E-state index is 9.78. The number of ether oxygens (including phenoxy) is 2. The van der Waals surface area contributed by atoms with Crippen molar-refractivity contribution in [3.63, 3.8) is 0 Å². The van der Waals surface area contributed by atoms with Crippen molar-refractivity contribution in [2.75, 3.05) is 32.2 Å². The van der Waals surface area contributed by atoms with Crippen molar-refractivity contribution in [1.82, 2.24) is 0 Å². The second kappa shape index (κ2) is 8.61. The summed E-state index contributed by atoms with van der Waals surface area (Å²) in [6.45, 7) is 2.98. The van der Waals surface area contributed by atoms with E-state index in [1.54, 1.807) is 25.3 Å². The van der Waals surface area contributed by atoms with Crippen LogP contribution in [-0.2, 0) is 9.47 Å². The average Bonchev–Trinajstić information content (AvgIpc) is 2.35. The smallest absolute Gasteiger partial charge is 0.0945 e. The normalized spacial score (nSPS) is 14.2. The van der Waals surface area contributed by atoms with Crippen molar-refractivity contribution in [1.29, 1.82) is 0 Å². The minimum absolute atomic E-state index is 0.0428. The van der Waals surface area contributed by atoms with Gasteiger partial charge in [0.2, 0.25) is 0 Å². The van der Waals surface area contributed by atoms with Gasteiger partial charge in [-0.25, -0.2) is 0 Å². The molecule has 108 valence electrons. The molecule has 1 aromatic rings. The quantitative estimate of drug-likeness (QED) is 0.775. The first kappa shape index (κ1) is 16.5. The van der Waals surface area contributed by atoms with Crippen LogP contribution in [0.4, 0.5) is 5.69 Å². The fourth-order valence-corrected chi connectivity index (χ4v) is 1.95. The molecule has 0 amide bonds. The number of halogens is 2. The highest BCUT2D eigenvalue weighted by atomic mass is 35.5. The Morgan fingerprint density at radius 2 is 2.05 bits per heavy atom. The van der Waals surface area contributed by atoms with Crippen LogP contribution in [0.25, 0.3) is 0 Å². The molecule has 0 radical (unpaired) electrons. The van der Waals surface area contributed by atoms with E-state index in [2.05, 4.69) is 5.32 Å². The molecule has 2 unspecified atom stereocenters. The lowest BCUT2D eigenvalue weighted by Gasteiger charge is -2.17. The van der Waals surface area contributed by atoms with Gasteiger partial charge in [0, 0.05) is 18.7 Å². The Morgan fingerprint density at radius 3 is 2.68 bits per heavy atom. The lowest BCUT2D eigenvalue weighted by Crippen LogP contribution is -2.28. The van der Waals surface area contributed by atoms with Crippen molar-refractivity contribution in [2.45, 2.75) is 19.1 Å². The Hall–Kier alpha value is -0.520. The van der Waals surface area contributed by atoms with Crippen LogP contribution in [0.2, 0.25) is 10.0 Å². The largest absolute Gasteiger partial charge is 0.389 e. The Labute approximate surface area is 123 Å². The highest BCUT2D eigenvalue weighted by Crippen LogP contribution is 2.25. The fraction of sp³-hybridized carbons (Fsp3) is 0.538. The summed E-state index contributed by atoms with van der Waals surface area (Å²) in [5.41, 5.74) is 0.732. The van der Waals surface area contributed by atoms with Crippen LogP contribution < -0.4 is 5.32 Å². The molecule has 4 nitrogen and oxygen atoms in total. The molecule has 0 aliphatic carbocycles. The lowest BCUT2D eigenvalue weighted by atomic mass is 10.3. The predicted molar refractivity (Wildman–Crippen MR) is 78.2 cm³/mol. The van der Waals surface area contributed by atoms with E-state index in [0.29, 0.717) is 23.2 Å². The van der Waals surface area contributed by atoms with Gasteiger partial charge in [-0.3, -0.25) is 0 Å². The van der Waals surface area contributed by atoms with Crippen LogP contribution in [0, 0.1) is 0 Å². The molecule has 0 saturated carbocycles. The summed E-state index contributed by atoms with van der Waals surface area (Å²) in [6, 6.07) is 5.15. The number of nitrogens with one attached hydrogen (secondary N) is 1. The number of anilines is 1. The first-order chi connectivity index (χ1) is 9.02. The number of methoxy groups -OCH3 is 1. The Bertz CT molecular complexity index is 390. The zero-order valence-electron chi connectivity index (χ0n) is 11.0. The van der Waals surface area contributed by atoms with Crippen molar-refractivity contribution in [3.8, 4) is 0 Å². The summed E-state index contributed by atoms with van der Waals surface area (Å²) in [6.07, 6.45) is -0.662. The van der Waals surface area contributed by atoms with E-state index >= 15 is 0 Å². The average molecular weight is 308 g/mol. The standard InChI is InChI=1S/C13H19Cl2NO3/c1-9(7-18-2)19-8-11(17)6-16-13-4-3-10(14)5-12(13)15/h3-5,9,11,16-17H,6-8H2,1-2H3. The molecule has 2 N–H and O–H groups in total. The van der Waals surface area contributed by atoms with E-state index in [1.165, 1.54) is 0 Å². The van der Waals surface area contributed by atoms with Gasteiger partial charge in [-0.1, -0.05) is 23.2 Å². The van der Waals surface area contributed by atoms with E-state index in [0.717, 1.165) is 5.69 Å². The molecule has 0 spiro atoms. The summed E-state index contributed by atoms with van der Waals surface area (Å²) in [7, 11) is 1.61. The summed E-state index contributed by atoms with van der Waals surface area (Å²) >= 11 is 11.8. The van der Waals surface area contributed by atoms with Crippen LogP contribution in [0.15, 0.2) is 18.2 Å². The summed E-state index contributed by atoms with van der Waals surface area (Å²) in [5, 5.41) is 13.9. The zero-order chi connectivity index (χ0) is 14.3. The third-order valence-electron chi connectivity index (χ3n) is 2.43. The fourth-order valence-electron chi connectivity index (χ4n) is 1.48. The Balaban J connectivity index is 2.31. The summed E-state index contributed by atoms with van der Waals surface area (Å²) in [4.78, 5) is 0. The molecule has 0 heterocycles. The molecule has 0 saturated heterocycles. The third-order valence-corrected chi connectivity index (χ3v) is 2.98. The van der Waals surface area contributed by atoms with Crippen LogP contribution in [-0.4, -0.2) is 44.2 Å². The molecule has 2 atom stereocenters. The number of aliphatic hydroxyl groups excluding tert-OH is 1. The second-order valence-electron chi connectivity index (χ2n) is 4.26. The van der Waals surface area contributed by atoms with Gasteiger partial charge in [0.1, 0.15) is 0 Å². The van der Waals surface area contributed by atoms with Crippen LogP contribution in [0.3, 0.4) is 0 Å². The Morgan fingerprint density at radius 1 is 1.32 bits per heavy atom.